The van der Waals surface area contributed by atoms with Gasteiger partial charge < -0.3 is 20.4 Å². The van der Waals surface area contributed by atoms with Crippen molar-refractivity contribution in [3.05, 3.63) is 42.5 Å². The van der Waals surface area contributed by atoms with Gasteiger partial charge in [0.2, 0.25) is 0 Å². The molecule has 2 heterocycles. The second kappa shape index (κ2) is 6.90. The van der Waals surface area contributed by atoms with Crippen molar-refractivity contribution in [2.45, 2.75) is 18.5 Å². The van der Waals surface area contributed by atoms with Crippen LogP contribution in [0.4, 0.5) is 5.69 Å². The summed E-state index contributed by atoms with van der Waals surface area (Å²) in [6.07, 6.45) is 2.44. The van der Waals surface area contributed by atoms with Gasteiger partial charge in [-0.25, -0.2) is 9.59 Å². The SMILES string of the molecule is O=C(O)C=CC(=O)O.c1ccc(N2C[C@@H]3C[C@H]2CN3)cc1. The van der Waals surface area contributed by atoms with Crippen LogP contribution >= 0.6 is 0 Å². The highest BCUT2D eigenvalue weighted by molar-refractivity contribution is 5.89. The first-order valence-corrected chi connectivity index (χ1v) is 6.75. The van der Waals surface area contributed by atoms with E-state index in [0.717, 1.165) is 12.1 Å². The largest absolute Gasteiger partial charge is 0.478 e. The van der Waals surface area contributed by atoms with Crippen LogP contribution in [-0.2, 0) is 9.59 Å². The smallest absolute Gasteiger partial charge is 0.328 e. The van der Waals surface area contributed by atoms with E-state index in [2.05, 4.69) is 40.5 Å². The summed E-state index contributed by atoms with van der Waals surface area (Å²) in [5, 5.41) is 19.1. The van der Waals surface area contributed by atoms with Gasteiger partial charge in [-0.05, 0) is 18.6 Å². The summed E-state index contributed by atoms with van der Waals surface area (Å²) in [7, 11) is 0. The Balaban J connectivity index is 0.000000177. The quantitative estimate of drug-likeness (QED) is 0.718. The minimum atomic E-state index is -1.26. The molecule has 2 atom stereocenters. The lowest BCUT2D eigenvalue weighted by atomic mass is 10.2. The second-order valence-electron chi connectivity index (χ2n) is 4.99. The van der Waals surface area contributed by atoms with Crippen LogP contribution in [0.25, 0.3) is 0 Å². The Kier molecular flexibility index (Phi) is 4.94. The van der Waals surface area contributed by atoms with Crippen LogP contribution < -0.4 is 10.2 Å². The number of para-hydroxylation sites is 1. The van der Waals surface area contributed by atoms with E-state index < -0.39 is 11.9 Å². The summed E-state index contributed by atoms with van der Waals surface area (Å²) in [5.41, 5.74) is 1.39. The van der Waals surface area contributed by atoms with Crippen molar-refractivity contribution in [3.8, 4) is 0 Å². The number of fused-ring (bicyclic) bond motifs is 2. The van der Waals surface area contributed by atoms with Crippen LogP contribution in [0.3, 0.4) is 0 Å². The van der Waals surface area contributed by atoms with Crippen LogP contribution in [-0.4, -0.2) is 47.3 Å². The van der Waals surface area contributed by atoms with Gasteiger partial charge in [0.25, 0.3) is 0 Å². The van der Waals surface area contributed by atoms with Crippen LogP contribution in [0.15, 0.2) is 42.5 Å². The predicted molar refractivity (Wildman–Crippen MR) is 78.4 cm³/mol. The number of hydrogen-bond donors (Lipinski definition) is 3. The van der Waals surface area contributed by atoms with E-state index >= 15 is 0 Å². The highest BCUT2D eigenvalue weighted by Gasteiger charge is 2.37. The van der Waals surface area contributed by atoms with Gasteiger partial charge in [-0.1, -0.05) is 18.2 Å². The number of piperazine rings is 1. The molecule has 2 aliphatic heterocycles. The highest BCUT2D eigenvalue weighted by Crippen LogP contribution is 2.28. The minimum absolute atomic E-state index is 0.558. The maximum Gasteiger partial charge on any atom is 0.328 e. The molecule has 3 N–H and O–H groups in total. The molecule has 0 aromatic heterocycles. The predicted octanol–water partition coefficient (Wildman–Crippen LogP) is 0.949. The molecule has 0 amide bonds. The summed E-state index contributed by atoms with van der Waals surface area (Å²) >= 11 is 0. The maximum atomic E-state index is 9.55. The zero-order chi connectivity index (χ0) is 15.2. The van der Waals surface area contributed by atoms with Crippen molar-refractivity contribution in [1.82, 2.24) is 5.32 Å². The number of benzene rings is 1. The Morgan fingerprint density at radius 2 is 1.76 bits per heavy atom. The Hall–Kier alpha value is -2.34. The van der Waals surface area contributed by atoms with Gasteiger partial charge >= 0.3 is 11.9 Å². The average Bonchev–Trinajstić information content (AvgIpc) is 3.09. The first kappa shape index (κ1) is 15.1. The summed E-state index contributed by atoms with van der Waals surface area (Å²) in [4.78, 5) is 21.6. The van der Waals surface area contributed by atoms with Gasteiger partial charge in [-0.3, -0.25) is 0 Å². The standard InChI is InChI=1S/C11H14N2.C4H4O4/c1-2-4-10(5-3-1)13-8-9-6-11(13)7-12-9;5-3(6)1-2-4(7)8/h1-5,9,11-12H,6-8H2;1-2H,(H,5,6)(H,7,8)/t9-,11-;/m0./s1. The molecule has 0 saturated carbocycles. The number of carboxylic acids is 2. The molecule has 2 fully saturated rings. The molecule has 6 heteroatoms. The molecule has 6 nitrogen and oxygen atoms in total. The number of carboxylic acid groups (broad SMARTS) is 2. The van der Waals surface area contributed by atoms with E-state index in [4.69, 9.17) is 10.2 Å². The molecule has 2 bridgehead atoms. The summed E-state index contributed by atoms with van der Waals surface area (Å²) < 4.78 is 0. The minimum Gasteiger partial charge on any atom is -0.478 e. The zero-order valence-electron chi connectivity index (χ0n) is 11.5. The Bertz CT molecular complexity index is 514. The summed E-state index contributed by atoms with van der Waals surface area (Å²) in [6, 6.07) is 12.2. The lowest BCUT2D eigenvalue weighted by Gasteiger charge is -2.29. The molecular weight excluding hydrogens is 272 g/mol. The number of anilines is 1. The highest BCUT2D eigenvalue weighted by atomic mass is 16.4. The third kappa shape index (κ3) is 4.32. The third-order valence-corrected chi connectivity index (χ3v) is 3.51. The topological polar surface area (TPSA) is 89.9 Å². The van der Waals surface area contributed by atoms with Crippen molar-refractivity contribution in [2.75, 3.05) is 18.0 Å². The Morgan fingerprint density at radius 3 is 2.19 bits per heavy atom. The molecule has 0 aliphatic carbocycles. The fraction of sp³-hybridized carbons (Fsp3) is 0.333. The fourth-order valence-corrected chi connectivity index (χ4v) is 2.64. The molecule has 2 saturated heterocycles. The molecule has 2 aliphatic rings. The molecule has 0 unspecified atom stereocenters. The van der Waals surface area contributed by atoms with Gasteiger partial charge in [0, 0.05) is 43.0 Å². The van der Waals surface area contributed by atoms with E-state index in [1.54, 1.807) is 0 Å². The number of carbonyl (C=O) groups is 2. The first-order valence-electron chi connectivity index (χ1n) is 6.75. The van der Waals surface area contributed by atoms with Gasteiger partial charge in [0.05, 0.1) is 0 Å². The van der Waals surface area contributed by atoms with Gasteiger partial charge in [0.1, 0.15) is 0 Å². The molecule has 3 rings (SSSR count). The molecule has 0 spiro atoms. The van der Waals surface area contributed by atoms with Crippen molar-refractivity contribution in [2.24, 2.45) is 0 Å². The molecule has 21 heavy (non-hydrogen) atoms. The molecule has 0 radical (unpaired) electrons. The Morgan fingerprint density at radius 1 is 1.14 bits per heavy atom. The third-order valence-electron chi connectivity index (χ3n) is 3.51. The molecular formula is C15H18N2O4. The van der Waals surface area contributed by atoms with E-state index in [1.165, 1.54) is 25.2 Å². The van der Waals surface area contributed by atoms with E-state index in [0.29, 0.717) is 12.2 Å². The monoisotopic (exact) mass is 290 g/mol. The van der Waals surface area contributed by atoms with Crippen molar-refractivity contribution >= 4 is 17.6 Å². The van der Waals surface area contributed by atoms with Crippen molar-refractivity contribution < 1.29 is 19.8 Å². The molecule has 112 valence electrons. The van der Waals surface area contributed by atoms with E-state index in [-0.39, 0.29) is 0 Å². The lowest BCUT2D eigenvalue weighted by molar-refractivity contribution is -0.134. The van der Waals surface area contributed by atoms with Crippen molar-refractivity contribution in [3.63, 3.8) is 0 Å². The number of nitrogens with one attached hydrogen (secondary N) is 1. The second-order valence-corrected chi connectivity index (χ2v) is 4.99. The summed E-state index contributed by atoms with van der Waals surface area (Å²) in [5.74, 6) is -2.51. The zero-order valence-corrected chi connectivity index (χ0v) is 11.5. The van der Waals surface area contributed by atoms with Crippen LogP contribution in [0.5, 0.6) is 0 Å². The van der Waals surface area contributed by atoms with Gasteiger partial charge in [0.15, 0.2) is 0 Å². The molecule has 1 aromatic carbocycles. The Labute approximate surface area is 122 Å². The summed E-state index contributed by atoms with van der Waals surface area (Å²) in [6.45, 7) is 2.36. The van der Waals surface area contributed by atoms with E-state index in [1.807, 2.05) is 0 Å². The maximum absolute atomic E-state index is 9.55. The van der Waals surface area contributed by atoms with Gasteiger partial charge in [-0.15, -0.1) is 0 Å². The number of rotatable bonds is 3. The number of aliphatic carboxylic acids is 2. The van der Waals surface area contributed by atoms with Crippen molar-refractivity contribution in [1.29, 1.82) is 0 Å². The van der Waals surface area contributed by atoms with Crippen LogP contribution in [0.2, 0.25) is 0 Å². The fourth-order valence-electron chi connectivity index (χ4n) is 2.64. The number of hydrogen-bond acceptors (Lipinski definition) is 4. The van der Waals surface area contributed by atoms with Crippen LogP contribution in [0, 0.1) is 0 Å². The van der Waals surface area contributed by atoms with Crippen LogP contribution in [0.1, 0.15) is 6.42 Å². The number of nitrogens with zero attached hydrogens (tertiary/aromatic N) is 1. The first-order chi connectivity index (χ1) is 10.1. The van der Waals surface area contributed by atoms with E-state index in [9.17, 15) is 9.59 Å². The average molecular weight is 290 g/mol. The lowest BCUT2D eigenvalue weighted by Crippen LogP contribution is -2.43. The van der Waals surface area contributed by atoms with Gasteiger partial charge in [-0.2, -0.15) is 0 Å². The normalized spacial score (nSPS) is 23.0. The molecule has 1 aromatic rings.